The number of carboxylic acids is 1. The van der Waals surface area contributed by atoms with Gasteiger partial charge >= 0.3 is 5.97 Å². The molecule has 6 heteroatoms. The molecule has 2 unspecified atom stereocenters. The maximum atomic E-state index is 12.2. The molecule has 2 rings (SSSR count). The largest absolute Gasteiger partial charge is 0.481 e. The van der Waals surface area contributed by atoms with E-state index >= 15 is 0 Å². The Morgan fingerprint density at radius 2 is 2.10 bits per heavy atom. The van der Waals surface area contributed by atoms with Crippen LogP contribution in [0.25, 0.3) is 0 Å². The third kappa shape index (κ3) is 3.51. The number of benzene rings is 1. The number of hydrogen-bond acceptors (Lipinski definition) is 4. The van der Waals surface area contributed by atoms with Crippen molar-refractivity contribution in [1.29, 1.82) is 5.26 Å². The summed E-state index contributed by atoms with van der Waals surface area (Å²) in [5.41, 5.74) is 0.519. The Balaban J connectivity index is 1.93. The summed E-state index contributed by atoms with van der Waals surface area (Å²) in [5, 5.41) is 17.7. The summed E-state index contributed by atoms with van der Waals surface area (Å²) < 4.78 is 5.54. The number of amides is 1. The maximum absolute atomic E-state index is 12.2. The van der Waals surface area contributed by atoms with Crippen molar-refractivity contribution in [3.63, 3.8) is 0 Å². The van der Waals surface area contributed by atoms with E-state index in [0.29, 0.717) is 24.3 Å². The zero-order valence-corrected chi connectivity index (χ0v) is 11.7. The van der Waals surface area contributed by atoms with Crippen molar-refractivity contribution in [3.8, 4) is 11.8 Å². The summed E-state index contributed by atoms with van der Waals surface area (Å²) in [6.07, 6.45) is -0.213. The smallest absolute Gasteiger partial charge is 0.308 e. The fourth-order valence-corrected chi connectivity index (χ4v) is 2.28. The Kier molecular flexibility index (Phi) is 4.43. The van der Waals surface area contributed by atoms with Crippen LogP contribution in [0, 0.1) is 17.2 Å². The molecule has 0 aliphatic carbocycles. The van der Waals surface area contributed by atoms with Gasteiger partial charge in [-0.3, -0.25) is 9.59 Å². The van der Waals surface area contributed by atoms with Crippen LogP contribution in [0.1, 0.15) is 18.9 Å². The molecular formula is C15H16N2O4. The highest BCUT2D eigenvalue weighted by atomic mass is 16.5. The van der Waals surface area contributed by atoms with Crippen LogP contribution in [0.15, 0.2) is 24.3 Å². The van der Waals surface area contributed by atoms with Crippen molar-refractivity contribution < 1.29 is 19.4 Å². The summed E-state index contributed by atoms with van der Waals surface area (Å²) in [7, 11) is 0. The van der Waals surface area contributed by atoms with Gasteiger partial charge in [0.2, 0.25) is 0 Å². The van der Waals surface area contributed by atoms with E-state index in [1.165, 1.54) is 4.90 Å². The summed E-state index contributed by atoms with van der Waals surface area (Å²) >= 11 is 0. The lowest BCUT2D eigenvalue weighted by Crippen LogP contribution is -2.39. The van der Waals surface area contributed by atoms with Gasteiger partial charge < -0.3 is 14.7 Å². The SMILES string of the molecule is CC(Oc1ccc(C#N)cc1)C(=O)N1CCC(C(=O)O)C1. The molecule has 0 aromatic heterocycles. The lowest BCUT2D eigenvalue weighted by molar-refractivity contribution is -0.142. The number of nitriles is 1. The average Bonchev–Trinajstić information content (AvgIpc) is 2.97. The summed E-state index contributed by atoms with van der Waals surface area (Å²) in [4.78, 5) is 24.6. The zero-order chi connectivity index (χ0) is 15.4. The van der Waals surface area contributed by atoms with Crippen molar-refractivity contribution in [1.82, 2.24) is 4.90 Å². The van der Waals surface area contributed by atoms with Crippen LogP contribution < -0.4 is 4.74 Å². The zero-order valence-electron chi connectivity index (χ0n) is 11.7. The van der Waals surface area contributed by atoms with Crippen LogP contribution in [0.2, 0.25) is 0 Å². The molecule has 2 atom stereocenters. The van der Waals surface area contributed by atoms with Crippen molar-refractivity contribution in [2.45, 2.75) is 19.4 Å². The van der Waals surface area contributed by atoms with Crippen LogP contribution in [0.5, 0.6) is 5.75 Å². The molecule has 1 fully saturated rings. The first-order chi connectivity index (χ1) is 10.0. The molecule has 0 radical (unpaired) electrons. The Morgan fingerprint density at radius 1 is 1.43 bits per heavy atom. The molecule has 21 heavy (non-hydrogen) atoms. The van der Waals surface area contributed by atoms with Gasteiger partial charge in [0.25, 0.3) is 5.91 Å². The monoisotopic (exact) mass is 288 g/mol. The number of likely N-dealkylation sites (tertiary alicyclic amines) is 1. The third-order valence-electron chi connectivity index (χ3n) is 3.49. The van der Waals surface area contributed by atoms with Gasteiger partial charge in [-0.25, -0.2) is 0 Å². The van der Waals surface area contributed by atoms with Crippen molar-refractivity contribution in [2.24, 2.45) is 5.92 Å². The quantitative estimate of drug-likeness (QED) is 0.900. The van der Waals surface area contributed by atoms with Crippen LogP contribution in [-0.4, -0.2) is 41.1 Å². The fraction of sp³-hybridized carbons (Fsp3) is 0.400. The fourth-order valence-electron chi connectivity index (χ4n) is 2.28. The van der Waals surface area contributed by atoms with Gasteiger partial charge in [-0.1, -0.05) is 0 Å². The van der Waals surface area contributed by atoms with Gasteiger partial charge in [0.05, 0.1) is 17.6 Å². The lowest BCUT2D eigenvalue weighted by atomic mass is 10.1. The Morgan fingerprint density at radius 3 is 2.62 bits per heavy atom. The van der Waals surface area contributed by atoms with Crippen LogP contribution in [-0.2, 0) is 9.59 Å². The predicted molar refractivity (Wildman–Crippen MR) is 73.6 cm³/mol. The number of carbonyl (C=O) groups excluding carboxylic acids is 1. The Hall–Kier alpha value is -2.55. The van der Waals surface area contributed by atoms with E-state index in [1.54, 1.807) is 31.2 Å². The number of rotatable bonds is 4. The summed E-state index contributed by atoms with van der Waals surface area (Å²) in [5.74, 6) is -1.08. The number of aliphatic carboxylic acids is 1. The molecule has 0 spiro atoms. The predicted octanol–water partition coefficient (Wildman–Crippen LogP) is 1.26. The van der Waals surface area contributed by atoms with E-state index < -0.39 is 18.0 Å². The maximum Gasteiger partial charge on any atom is 0.308 e. The van der Waals surface area contributed by atoms with Gasteiger partial charge in [-0.15, -0.1) is 0 Å². The minimum Gasteiger partial charge on any atom is -0.481 e. The van der Waals surface area contributed by atoms with Crippen molar-refractivity contribution in [3.05, 3.63) is 29.8 Å². The van der Waals surface area contributed by atoms with Gasteiger partial charge in [-0.2, -0.15) is 5.26 Å². The van der Waals surface area contributed by atoms with E-state index in [-0.39, 0.29) is 12.5 Å². The minimum atomic E-state index is -0.869. The van der Waals surface area contributed by atoms with Crippen LogP contribution in [0.3, 0.4) is 0 Å². The highest BCUT2D eigenvalue weighted by Crippen LogP contribution is 2.19. The molecule has 1 saturated heterocycles. The van der Waals surface area contributed by atoms with E-state index in [0.717, 1.165) is 0 Å². The summed E-state index contributed by atoms with van der Waals surface area (Å²) in [6, 6.07) is 8.49. The highest BCUT2D eigenvalue weighted by Gasteiger charge is 2.33. The van der Waals surface area contributed by atoms with Crippen molar-refractivity contribution >= 4 is 11.9 Å². The Labute approximate surface area is 122 Å². The molecule has 1 aromatic carbocycles. The molecule has 1 heterocycles. The molecule has 0 bridgehead atoms. The molecule has 1 N–H and O–H groups in total. The first kappa shape index (κ1) is 14.9. The topological polar surface area (TPSA) is 90.6 Å². The number of carbonyl (C=O) groups is 2. The number of carboxylic acid groups (broad SMARTS) is 1. The second-order valence-electron chi connectivity index (χ2n) is 5.00. The summed E-state index contributed by atoms with van der Waals surface area (Å²) in [6.45, 7) is 2.31. The Bertz CT molecular complexity index is 576. The third-order valence-corrected chi connectivity index (χ3v) is 3.49. The van der Waals surface area contributed by atoms with Gasteiger partial charge in [0, 0.05) is 13.1 Å². The molecular weight excluding hydrogens is 272 g/mol. The van der Waals surface area contributed by atoms with E-state index in [1.807, 2.05) is 6.07 Å². The first-order valence-corrected chi connectivity index (χ1v) is 6.69. The van der Waals surface area contributed by atoms with Crippen LogP contribution in [0.4, 0.5) is 0 Å². The molecule has 1 aromatic rings. The lowest BCUT2D eigenvalue weighted by Gasteiger charge is -2.21. The molecule has 1 amide bonds. The average molecular weight is 288 g/mol. The van der Waals surface area contributed by atoms with Crippen LogP contribution >= 0.6 is 0 Å². The molecule has 0 saturated carbocycles. The minimum absolute atomic E-state index is 0.219. The normalized spacial score (nSPS) is 18.9. The molecule has 1 aliphatic rings. The number of hydrogen-bond donors (Lipinski definition) is 1. The van der Waals surface area contributed by atoms with Crippen molar-refractivity contribution in [2.75, 3.05) is 13.1 Å². The number of ether oxygens (including phenoxy) is 1. The van der Waals surface area contributed by atoms with E-state index in [2.05, 4.69) is 0 Å². The van der Waals surface area contributed by atoms with Gasteiger partial charge in [-0.05, 0) is 37.6 Å². The molecule has 1 aliphatic heterocycles. The molecule has 110 valence electrons. The van der Waals surface area contributed by atoms with Gasteiger partial charge in [0.1, 0.15) is 5.75 Å². The van der Waals surface area contributed by atoms with E-state index in [9.17, 15) is 9.59 Å². The van der Waals surface area contributed by atoms with E-state index in [4.69, 9.17) is 15.1 Å². The highest BCUT2D eigenvalue weighted by molar-refractivity contribution is 5.82. The van der Waals surface area contributed by atoms with Gasteiger partial charge in [0.15, 0.2) is 6.10 Å². The second-order valence-corrected chi connectivity index (χ2v) is 5.00. The standard InChI is InChI=1S/C15H16N2O4/c1-10(21-13-4-2-11(8-16)3-5-13)14(18)17-7-6-12(9-17)15(19)20/h2-5,10,12H,6-7,9H2,1H3,(H,19,20). The molecule has 6 nitrogen and oxygen atoms in total. The second kappa shape index (κ2) is 6.27. The first-order valence-electron chi connectivity index (χ1n) is 6.69. The number of nitrogens with zero attached hydrogens (tertiary/aromatic N) is 2.